The Morgan fingerprint density at radius 1 is 1.20 bits per heavy atom. The average Bonchev–Trinajstić information content (AvgIpc) is 2.59. The molecule has 0 aromatic heterocycles. The van der Waals surface area contributed by atoms with Gasteiger partial charge in [-0.3, -0.25) is 4.90 Å². The van der Waals surface area contributed by atoms with Crippen molar-refractivity contribution in [2.75, 3.05) is 13.1 Å². The van der Waals surface area contributed by atoms with Gasteiger partial charge >= 0.3 is 0 Å². The van der Waals surface area contributed by atoms with Crippen molar-refractivity contribution in [3.63, 3.8) is 0 Å². The number of piperidine rings is 1. The molecule has 1 saturated heterocycles. The molecule has 1 N–H and O–H groups in total. The Morgan fingerprint density at radius 3 is 2.53 bits per heavy atom. The molecule has 2 rings (SSSR count). The van der Waals surface area contributed by atoms with E-state index in [1.54, 1.807) is 0 Å². The van der Waals surface area contributed by atoms with Gasteiger partial charge in [-0.1, -0.05) is 19.8 Å². The predicted molar refractivity (Wildman–Crippen MR) is 62.9 cm³/mol. The van der Waals surface area contributed by atoms with Crippen molar-refractivity contribution in [1.29, 1.82) is 0 Å². The minimum absolute atomic E-state index is 0.356. The average molecular weight is 211 g/mol. The lowest BCUT2D eigenvalue weighted by atomic mass is 9.92. The first-order valence-electron chi connectivity index (χ1n) is 6.55. The topological polar surface area (TPSA) is 23.5 Å². The van der Waals surface area contributed by atoms with E-state index in [4.69, 9.17) is 0 Å². The normalized spacial score (nSPS) is 37.0. The van der Waals surface area contributed by atoms with Crippen LogP contribution in [0.4, 0.5) is 0 Å². The number of β-amino-alcohol motifs (C(OH)–C–C–N with tert-alkyl or cyclic N) is 1. The smallest absolute Gasteiger partial charge is 0.0774 e. The molecule has 2 fully saturated rings. The number of nitrogens with zero attached hydrogens (tertiary/aromatic N) is 1. The van der Waals surface area contributed by atoms with Gasteiger partial charge in [0, 0.05) is 19.1 Å². The van der Waals surface area contributed by atoms with E-state index in [0.29, 0.717) is 6.04 Å². The molecular formula is C13H25NO. The highest BCUT2D eigenvalue weighted by Gasteiger charge is 2.35. The molecule has 2 aliphatic rings. The maximum atomic E-state index is 10.4. The first-order chi connectivity index (χ1) is 7.09. The van der Waals surface area contributed by atoms with Crippen LogP contribution in [0.15, 0.2) is 0 Å². The van der Waals surface area contributed by atoms with E-state index >= 15 is 0 Å². The van der Waals surface area contributed by atoms with Crippen LogP contribution in [-0.4, -0.2) is 34.7 Å². The van der Waals surface area contributed by atoms with E-state index in [0.717, 1.165) is 25.3 Å². The first kappa shape index (κ1) is 11.4. The van der Waals surface area contributed by atoms with Gasteiger partial charge in [0.15, 0.2) is 0 Å². The van der Waals surface area contributed by atoms with E-state index in [-0.39, 0.29) is 5.60 Å². The maximum absolute atomic E-state index is 10.4. The molecular weight excluding hydrogens is 186 g/mol. The Labute approximate surface area is 93.7 Å². The van der Waals surface area contributed by atoms with Gasteiger partial charge in [0.05, 0.1) is 5.60 Å². The Kier molecular flexibility index (Phi) is 3.36. The SMILES string of the molecule is CC1CCC(C)N(CC2(O)CCCC2)C1. The van der Waals surface area contributed by atoms with Crippen LogP contribution in [0.2, 0.25) is 0 Å². The minimum Gasteiger partial charge on any atom is -0.389 e. The zero-order chi connectivity index (χ0) is 10.9. The molecule has 88 valence electrons. The Hall–Kier alpha value is -0.0800. The van der Waals surface area contributed by atoms with Crippen LogP contribution in [-0.2, 0) is 0 Å². The van der Waals surface area contributed by atoms with Crippen molar-refractivity contribution in [3.8, 4) is 0 Å². The fourth-order valence-corrected chi connectivity index (χ4v) is 3.17. The summed E-state index contributed by atoms with van der Waals surface area (Å²) in [6, 6.07) is 0.672. The lowest BCUT2D eigenvalue weighted by molar-refractivity contribution is -0.0163. The third-order valence-corrected chi connectivity index (χ3v) is 4.28. The van der Waals surface area contributed by atoms with E-state index in [1.807, 2.05) is 0 Å². The Bertz CT molecular complexity index is 211. The molecule has 1 aliphatic heterocycles. The fourth-order valence-electron chi connectivity index (χ4n) is 3.17. The van der Waals surface area contributed by atoms with Crippen molar-refractivity contribution >= 4 is 0 Å². The molecule has 0 radical (unpaired) electrons. The molecule has 1 heterocycles. The molecule has 0 bridgehead atoms. The van der Waals surface area contributed by atoms with Crippen molar-refractivity contribution in [2.24, 2.45) is 5.92 Å². The molecule has 0 aromatic rings. The third-order valence-electron chi connectivity index (χ3n) is 4.28. The van der Waals surface area contributed by atoms with Gasteiger partial charge in [-0.05, 0) is 38.5 Å². The zero-order valence-corrected chi connectivity index (χ0v) is 10.2. The van der Waals surface area contributed by atoms with Crippen LogP contribution < -0.4 is 0 Å². The Balaban J connectivity index is 1.91. The van der Waals surface area contributed by atoms with E-state index < -0.39 is 0 Å². The molecule has 15 heavy (non-hydrogen) atoms. The lowest BCUT2D eigenvalue weighted by Gasteiger charge is -2.40. The lowest BCUT2D eigenvalue weighted by Crippen LogP contribution is -2.49. The molecule has 0 amide bonds. The monoisotopic (exact) mass is 211 g/mol. The van der Waals surface area contributed by atoms with Gasteiger partial charge in [0.25, 0.3) is 0 Å². The quantitative estimate of drug-likeness (QED) is 0.758. The molecule has 0 aromatic carbocycles. The summed E-state index contributed by atoms with van der Waals surface area (Å²) in [6.45, 7) is 6.74. The highest BCUT2D eigenvalue weighted by molar-refractivity contribution is 4.90. The minimum atomic E-state index is -0.356. The van der Waals surface area contributed by atoms with Crippen LogP contribution in [0.5, 0.6) is 0 Å². The van der Waals surface area contributed by atoms with Crippen molar-refractivity contribution in [2.45, 2.75) is 64.0 Å². The second-order valence-electron chi connectivity index (χ2n) is 5.89. The number of aliphatic hydroxyl groups is 1. The summed E-state index contributed by atoms with van der Waals surface area (Å²) in [5.74, 6) is 0.811. The molecule has 2 nitrogen and oxygen atoms in total. The summed E-state index contributed by atoms with van der Waals surface area (Å²) in [6.07, 6.45) is 7.13. The largest absolute Gasteiger partial charge is 0.389 e. The number of rotatable bonds is 2. The number of hydrogen-bond donors (Lipinski definition) is 1. The highest BCUT2D eigenvalue weighted by atomic mass is 16.3. The number of hydrogen-bond acceptors (Lipinski definition) is 2. The fraction of sp³-hybridized carbons (Fsp3) is 1.00. The van der Waals surface area contributed by atoms with Gasteiger partial charge < -0.3 is 5.11 Å². The summed E-state index contributed by atoms with van der Waals surface area (Å²) in [4.78, 5) is 2.51. The highest BCUT2D eigenvalue weighted by Crippen LogP contribution is 2.32. The van der Waals surface area contributed by atoms with E-state index in [9.17, 15) is 5.11 Å². The van der Waals surface area contributed by atoms with Crippen LogP contribution >= 0.6 is 0 Å². The molecule has 1 aliphatic carbocycles. The van der Waals surface area contributed by atoms with Crippen molar-refractivity contribution < 1.29 is 5.11 Å². The van der Waals surface area contributed by atoms with Crippen LogP contribution in [0.25, 0.3) is 0 Å². The van der Waals surface area contributed by atoms with Crippen molar-refractivity contribution in [1.82, 2.24) is 4.90 Å². The molecule has 2 unspecified atom stereocenters. The number of likely N-dealkylation sites (tertiary alicyclic amines) is 1. The van der Waals surface area contributed by atoms with Crippen LogP contribution in [0, 0.1) is 5.92 Å². The van der Waals surface area contributed by atoms with Gasteiger partial charge in [-0.25, -0.2) is 0 Å². The Morgan fingerprint density at radius 2 is 1.87 bits per heavy atom. The summed E-state index contributed by atoms with van der Waals surface area (Å²) in [5, 5.41) is 10.4. The van der Waals surface area contributed by atoms with Gasteiger partial charge in [0.2, 0.25) is 0 Å². The third kappa shape index (κ3) is 2.73. The second-order valence-corrected chi connectivity index (χ2v) is 5.89. The molecule has 1 saturated carbocycles. The van der Waals surface area contributed by atoms with Gasteiger partial charge in [-0.2, -0.15) is 0 Å². The molecule has 2 atom stereocenters. The molecule has 2 heteroatoms. The standard InChI is InChI=1S/C13H25NO/c1-11-5-6-12(2)14(9-11)10-13(15)7-3-4-8-13/h11-12,15H,3-10H2,1-2H3. The van der Waals surface area contributed by atoms with Gasteiger partial charge in [-0.15, -0.1) is 0 Å². The summed E-state index contributed by atoms with van der Waals surface area (Å²) in [5.41, 5.74) is -0.356. The second kappa shape index (κ2) is 4.42. The predicted octanol–water partition coefficient (Wildman–Crippen LogP) is 2.41. The summed E-state index contributed by atoms with van der Waals surface area (Å²) in [7, 11) is 0. The van der Waals surface area contributed by atoms with E-state index in [2.05, 4.69) is 18.7 Å². The van der Waals surface area contributed by atoms with Crippen LogP contribution in [0.3, 0.4) is 0 Å². The van der Waals surface area contributed by atoms with Crippen molar-refractivity contribution in [3.05, 3.63) is 0 Å². The van der Waals surface area contributed by atoms with E-state index in [1.165, 1.54) is 32.2 Å². The van der Waals surface area contributed by atoms with Crippen LogP contribution in [0.1, 0.15) is 52.4 Å². The first-order valence-corrected chi connectivity index (χ1v) is 6.55. The maximum Gasteiger partial charge on any atom is 0.0774 e. The molecule has 0 spiro atoms. The van der Waals surface area contributed by atoms with Gasteiger partial charge in [0.1, 0.15) is 0 Å². The summed E-state index contributed by atoms with van der Waals surface area (Å²) < 4.78 is 0. The summed E-state index contributed by atoms with van der Waals surface area (Å²) >= 11 is 0. The zero-order valence-electron chi connectivity index (χ0n) is 10.2.